The van der Waals surface area contributed by atoms with Crippen molar-refractivity contribution in [2.24, 2.45) is 5.73 Å². The predicted octanol–water partition coefficient (Wildman–Crippen LogP) is 1.78. The first-order valence-electron chi connectivity index (χ1n) is 4.82. The van der Waals surface area contributed by atoms with Gasteiger partial charge >= 0.3 is 5.97 Å². The largest absolute Gasteiger partial charge is 0.481 e. The van der Waals surface area contributed by atoms with Crippen LogP contribution in [-0.4, -0.2) is 16.1 Å². The van der Waals surface area contributed by atoms with Gasteiger partial charge in [-0.2, -0.15) is 0 Å². The lowest BCUT2D eigenvalue weighted by Crippen LogP contribution is -2.16. The van der Waals surface area contributed by atoms with Gasteiger partial charge in [0.1, 0.15) is 0 Å². The summed E-state index contributed by atoms with van der Waals surface area (Å²) < 4.78 is 13.9. The zero-order chi connectivity index (χ0) is 11.7. The fourth-order valence-electron chi connectivity index (χ4n) is 1.69. The topological polar surface area (TPSA) is 79.1 Å². The Balaban J connectivity index is 2.44. The van der Waals surface area contributed by atoms with E-state index in [-0.39, 0.29) is 12.0 Å². The molecule has 0 aliphatic rings. The average Bonchev–Trinajstić information content (AvgIpc) is 2.65. The van der Waals surface area contributed by atoms with Gasteiger partial charge in [0, 0.05) is 23.2 Å². The number of fused-ring (bicyclic) bond motifs is 1. The van der Waals surface area contributed by atoms with Gasteiger partial charge in [-0.25, -0.2) is 4.39 Å². The van der Waals surface area contributed by atoms with Crippen molar-refractivity contribution in [3.05, 3.63) is 35.8 Å². The van der Waals surface area contributed by atoms with Crippen molar-refractivity contribution >= 4 is 16.9 Å². The molecule has 4 nitrogen and oxygen atoms in total. The second-order valence-electron chi connectivity index (χ2n) is 3.62. The van der Waals surface area contributed by atoms with E-state index in [2.05, 4.69) is 4.98 Å². The van der Waals surface area contributed by atoms with Crippen molar-refractivity contribution in [1.82, 2.24) is 4.98 Å². The number of H-pyrrole nitrogens is 1. The number of hydrogen-bond acceptors (Lipinski definition) is 2. The van der Waals surface area contributed by atoms with Crippen molar-refractivity contribution in [3.8, 4) is 0 Å². The minimum Gasteiger partial charge on any atom is -0.481 e. The first kappa shape index (κ1) is 10.6. The highest BCUT2D eigenvalue weighted by Crippen LogP contribution is 2.24. The normalized spacial score (nSPS) is 12.9. The second-order valence-corrected chi connectivity index (χ2v) is 3.62. The molecule has 0 saturated heterocycles. The van der Waals surface area contributed by atoms with Crippen LogP contribution in [-0.2, 0) is 4.79 Å². The fraction of sp³-hybridized carbons (Fsp3) is 0.182. The smallest absolute Gasteiger partial charge is 0.305 e. The van der Waals surface area contributed by atoms with Gasteiger partial charge in [0.2, 0.25) is 0 Å². The van der Waals surface area contributed by atoms with Crippen molar-refractivity contribution in [2.45, 2.75) is 12.5 Å². The second kappa shape index (κ2) is 3.94. The van der Waals surface area contributed by atoms with Gasteiger partial charge in [-0.05, 0) is 6.07 Å². The Hall–Kier alpha value is -1.88. The number of carbonyl (C=O) groups is 1. The molecule has 1 unspecified atom stereocenters. The summed E-state index contributed by atoms with van der Waals surface area (Å²) in [6.45, 7) is 0. The van der Waals surface area contributed by atoms with Crippen molar-refractivity contribution < 1.29 is 14.3 Å². The zero-order valence-corrected chi connectivity index (χ0v) is 8.40. The van der Waals surface area contributed by atoms with E-state index in [1.165, 1.54) is 6.07 Å². The van der Waals surface area contributed by atoms with Crippen LogP contribution in [0.15, 0.2) is 24.4 Å². The highest BCUT2D eigenvalue weighted by Gasteiger charge is 2.17. The summed E-state index contributed by atoms with van der Waals surface area (Å²) in [7, 11) is 0. The summed E-state index contributed by atoms with van der Waals surface area (Å²) >= 11 is 0. The van der Waals surface area contributed by atoms with E-state index in [0.717, 1.165) is 5.39 Å². The Labute approximate surface area is 90.9 Å². The summed E-state index contributed by atoms with van der Waals surface area (Å²) in [6.07, 6.45) is 1.34. The first-order valence-corrected chi connectivity index (χ1v) is 4.82. The van der Waals surface area contributed by atoms with Crippen LogP contribution >= 0.6 is 0 Å². The van der Waals surface area contributed by atoms with Crippen LogP contribution in [0, 0.1) is 5.82 Å². The molecule has 0 spiro atoms. The molecule has 84 valence electrons. The highest BCUT2D eigenvalue weighted by atomic mass is 19.1. The molecule has 1 atom stereocenters. The number of aliphatic carboxylic acids is 1. The van der Waals surface area contributed by atoms with Crippen LogP contribution in [0.5, 0.6) is 0 Å². The van der Waals surface area contributed by atoms with Crippen LogP contribution in [0.1, 0.15) is 18.0 Å². The van der Waals surface area contributed by atoms with Gasteiger partial charge in [-0.1, -0.05) is 12.1 Å². The molecule has 0 saturated carbocycles. The van der Waals surface area contributed by atoms with Gasteiger partial charge in [0.15, 0.2) is 5.82 Å². The average molecular weight is 222 g/mol. The lowest BCUT2D eigenvalue weighted by Gasteiger charge is -2.10. The maximum Gasteiger partial charge on any atom is 0.305 e. The van der Waals surface area contributed by atoms with E-state index < -0.39 is 17.8 Å². The van der Waals surface area contributed by atoms with Crippen LogP contribution in [0.2, 0.25) is 0 Å². The molecule has 0 radical (unpaired) electrons. The third-order valence-electron chi connectivity index (χ3n) is 2.49. The monoisotopic (exact) mass is 222 g/mol. The number of nitrogens with one attached hydrogen (secondary N) is 1. The number of carboxylic acid groups (broad SMARTS) is 1. The number of halogens is 1. The van der Waals surface area contributed by atoms with Crippen LogP contribution < -0.4 is 5.73 Å². The molecule has 0 amide bonds. The SMILES string of the molecule is NC(CC(=O)O)c1ccc2cc[nH]c2c1F. The van der Waals surface area contributed by atoms with E-state index in [9.17, 15) is 9.18 Å². The Morgan fingerprint density at radius 3 is 2.94 bits per heavy atom. The number of hydrogen-bond donors (Lipinski definition) is 3. The summed E-state index contributed by atoms with van der Waals surface area (Å²) in [5.41, 5.74) is 6.20. The molecule has 0 fully saturated rings. The third kappa shape index (κ3) is 1.77. The van der Waals surface area contributed by atoms with E-state index in [1.807, 2.05) is 0 Å². The van der Waals surface area contributed by atoms with Crippen molar-refractivity contribution in [1.29, 1.82) is 0 Å². The molecular weight excluding hydrogens is 211 g/mol. The van der Waals surface area contributed by atoms with E-state index in [4.69, 9.17) is 10.8 Å². The molecular formula is C11H11FN2O2. The molecule has 4 N–H and O–H groups in total. The van der Waals surface area contributed by atoms with E-state index in [0.29, 0.717) is 5.52 Å². The summed E-state index contributed by atoms with van der Waals surface area (Å²) in [4.78, 5) is 13.3. The Bertz CT molecular complexity index is 536. The maximum atomic E-state index is 13.9. The molecule has 2 rings (SSSR count). The van der Waals surface area contributed by atoms with Gasteiger partial charge in [-0.3, -0.25) is 4.79 Å². The summed E-state index contributed by atoms with van der Waals surface area (Å²) in [5, 5.41) is 9.34. The lowest BCUT2D eigenvalue weighted by molar-refractivity contribution is -0.137. The molecule has 1 heterocycles. The molecule has 5 heteroatoms. The Morgan fingerprint density at radius 1 is 1.50 bits per heavy atom. The lowest BCUT2D eigenvalue weighted by atomic mass is 10.0. The number of aromatic nitrogens is 1. The van der Waals surface area contributed by atoms with E-state index in [1.54, 1.807) is 18.3 Å². The minimum atomic E-state index is -1.04. The molecule has 1 aromatic heterocycles. The maximum absolute atomic E-state index is 13.9. The first-order chi connectivity index (χ1) is 7.59. The summed E-state index contributed by atoms with van der Waals surface area (Å²) in [6, 6.07) is 4.15. The van der Waals surface area contributed by atoms with Gasteiger partial charge in [-0.15, -0.1) is 0 Å². The molecule has 1 aromatic carbocycles. The highest BCUT2D eigenvalue weighted by molar-refractivity contribution is 5.81. The molecule has 2 aromatic rings. The molecule has 0 bridgehead atoms. The van der Waals surface area contributed by atoms with Gasteiger partial charge in [0.05, 0.1) is 11.9 Å². The fourth-order valence-corrected chi connectivity index (χ4v) is 1.69. The minimum absolute atomic E-state index is 0.220. The predicted molar refractivity (Wildman–Crippen MR) is 57.4 cm³/mol. The van der Waals surface area contributed by atoms with Crippen molar-refractivity contribution in [3.63, 3.8) is 0 Å². The van der Waals surface area contributed by atoms with Crippen LogP contribution in [0.25, 0.3) is 10.9 Å². The number of benzene rings is 1. The quantitative estimate of drug-likeness (QED) is 0.740. The Morgan fingerprint density at radius 2 is 2.25 bits per heavy atom. The number of nitrogens with two attached hydrogens (primary N) is 1. The number of rotatable bonds is 3. The third-order valence-corrected chi connectivity index (χ3v) is 2.49. The molecule has 0 aliphatic carbocycles. The van der Waals surface area contributed by atoms with Gasteiger partial charge < -0.3 is 15.8 Å². The van der Waals surface area contributed by atoms with Crippen molar-refractivity contribution in [2.75, 3.05) is 0 Å². The molecule has 0 aliphatic heterocycles. The standard InChI is InChI=1S/C11H11FN2O2/c12-10-7(8(13)5-9(15)16)2-1-6-3-4-14-11(6)10/h1-4,8,14H,5,13H2,(H,15,16). The number of carboxylic acids is 1. The van der Waals surface area contributed by atoms with E-state index >= 15 is 0 Å². The zero-order valence-electron chi connectivity index (χ0n) is 8.40. The van der Waals surface area contributed by atoms with Crippen LogP contribution in [0.3, 0.4) is 0 Å². The Kier molecular flexibility index (Phi) is 2.62. The van der Waals surface area contributed by atoms with Crippen LogP contribution in [0.4, 0.5) is 4.39 Å². The summed E-state index contributed by atoms with van der Waals surface area (Å²) in [5.74, 6) is -1.52. The number of aromatic amines is 1. The molecule has 16 heavy (non-hydrogen) atoms. The van der Waals surface area contributed by atoms with Gasteiger partial charge in [0.25, 0.3) is 0 Å².